The van der Waals surface area contributed by atoms with Crippen LogP contribution in [0.4, 0.5) is 0 Å². The molecule has 0 unspecified atom stereocenters. The Hall–Kier alpha value is -1.02. The van der Waals surface area contributed by atoms with Crippen molar-refractivity contribution in [3.05, 3.63) is 29.8 Å². The molecule has 92 valence electrons. The van der Waals surface area contributed by atoms with E-state index in [1.807, 2.05) is 12.1 Å². The lowest BCUT2D eigenvalue weighted by Gasteiger charge is -2.49. The monoisotopic (exact) mass is 231 g/mol. The van der Waals surface area contributed by atoms with Crippen molar-refractivity contribution in [3.8, 4) is 5.75 Å². The SMILES string of the molecule is CN1CC[C@@]2(c3cccc(O)c3)CCC[C@@H]1C2. The average Bonchev–Trinajstić information content (AvgIpc) is 2.35. The predicted molar refractivity (Wildman–Crippen MR) is 69.3 cm³/mol. The summed E-state index contributed by atoms with van der Waals surface area (Å²) >= 11 is 0. The van der Waals surface area contributed by atoms with Gasteiger partial charge in [-0.15, -0.1) is 0 Å². The van der Waals surface area contributed by atoms with Crippen LogP contribution in [0.15, 0.2) is 24.3 Å². The minimum absolute atomic E-state index is 0.341. The van der Waals surface area contributed by atoms with Crippen LogP contribution in [0.2, 0.25) is 0 Å². The molecule has 2 aliphatic rings. The van der Waals surface area contributed by atoms with E-state index in [4.69, 9.17) is 0 Å². The average molecular weight is 231 g/mol. The molecule has 1 saturated carbocycles. The molecule has 1 saturated heterocycles. The zero-order chi connectivity index (χ0) is 11.9. The number of hydrogen-bond donors (Lipinski definition) is 1. The Morgan fingerprint density at radius 3 is 3.06 bits per heavy atom. The van der Waals surface area contributed by atoms with E-state index in [2.05, 4.69) is 18.0 Å². The van der Waals surface area contributed by atoms with Gasteiger partial charge in [-0.3, -0.25) is 0 Å². The van der Waals surface area contributed by atoms with Crippen LogP contribution in [0, 0.1) is 0 Å². The number of phenols is 1. The van der Waals surface area contributed by atoms with Crippen LogP contribution < -0.4 is 0 Å². The van der Waals surface area contributed by atoms with E-state index >= 15 is 0 Å². The molecular weight excluding hydrogens is 210 g/mol. The Balaban J connectivity index is 1.95. The van der Waals surface area contributed by atoms with Crippen molar-refractivity contribution >= 4 is 0 Å². The smallest absolute Gasteiger partial charge is 0.115 e. The Bertz CT molecular complexity index is 417. The molecule has 2 nitrogen and oxygen atoms in total. The fourth-order valence-electron chi connectivity index (χ4n) is 3.75. The molecule has 2 heteroatoms. The molecule has 1 aliphatic carbocycles. The Morgan fingerprint density at radius 2 is 2.24 bits per heavy atom. The quantitative estimate of drug-likeness (QED) is 0.803. The molecule has 3 rings (SSSR count). The number of fused-ring (bicyclic) bond motifs is 2. The first-order valence-electron chi connectivity index (χ1n) is 6.69. The van der Waals surface area contributed by atoms with Gasteiger partial charge in [-0.2, -0.15) is 0 Å². The van der Waals surface area contributed by atoms with E-state index in [-0.39, 0.29) is 0 Å². The molecule has 1 aromatic carbocycles. The highest BCUT2D eigenvalue weighted by Crippen LogP contribution is 2.46. The second kappa shape index (κ2) is 4.02. The summed E-state index contributed by atoms with van der Waals surface area (Å²) in [6.07, 6.45) is 6.47. The van der Waals surface area contributed by atoms with Crippen LogP contribution in [0.1, 0.15) is 37.7 Å². The molecule has 0 spiro atoms. The van der Waals surface area contributed by atoms with E-state index in [1.165, 1.54) is 44.2 Å². The lowest BCUT2D eigenvalue weighted by Crippen LogP contribution is -2.50. The fourth-order valence-corrected chi connectivity index (χ4v) is 3.75. The van der Waals surface area contributed by atoms with Gasteiger partial charge in [0.15, 0.2) is 0 Å². The van der Waals surface area contributed by atoms with Gasteiger partial charge in [-0.1, -0.05) is 18.6 Å². The molecule has 2 fully saturated rings. The van der Waals surface area contributed by atoms with Crippen molar-refractivity contribution in [1.82, 2.24) is 4.90 Å². The maximum atomic E-state index is 9.68. The highest BCUT2D eigenvalue weighted by atomic mass is 16.3. The van der Waals surface area contributed by atoms with E-state index < -0.39 is 0 Å². The normalized spacial score (nSPS) is 33.6. The molecule has 0 radical (unpaired) electrons. The van der Waals surface area contributed by atoms with Crippen LogP contribution in [-0.4, -0.2) is 29.6 Å². The minimum Gasteiger partial charge on any atom is -0.508 e. The number of likely N-dealkylation sites (tertiary alicyclic amines) is 1. The molecule has 1 heterocycles. The topological polar surface area (TPSA) is 23.5 Å². The Labute approximate surface area is 103 Å². The van der Waals surface area contributed by atoms with Crippen LogP contribution in [0.25, 0.3) is 0 Å². The molecule has 2 bridgehead atoms. The van der Waals surface area contributed by atoms with E-state index in [9.17, 15) is 5.11 Å². The Morgan fingerprint density at radius 1 is 1.35 bits per heavy atom. The molecular formula is C15H21NO. The van der Waals surface area contributed by atoms with E-state index in [0.29, 0.717) is 11.2 Å². The third kappa shape index (κ3) is 1.85. The molecule has 1 N–H and O–H groups in total. The van der Waals surface area contributed by atoms with E-state index in [0.717, 1.165) is 6.04 Å². The van der Waals surface area contributed by atoms with Crippen molar-refractivity contribution in [2.45, 2.75) is 43.6 Å². The van der Waals surface area contributed by atoms with E-state index in [1.54, 1.807) is 6.07 Å². The molecule has 17 heavy (non-hydrogen) atoms. The van der Waals surface area contributed by atoms with Gasteiger partial charge in [-0.25, -0.2) is 0 Å². The van der Waals surface area contributed by atoms with Crippen molar-refractivity contribution in [3.63, 3.8) is 0 Å². The summed E-state index contributed by atoms with van der Waals surface area (Å²) in [6.45, 7) is 1.19. The van der Waals surface area contributed by atoms with Gasteiger partial charge in [-0.05, 0) is 62.4 Å². The summed E-state index contributed by atoms with van der Waals surface area (Å²) in [4.78, 5) is 2.51. The zero-order valence-electron chi connectivity index (χ0n) is 10.5. The summed E-state index contributed by atoms with van der Waals surface area (Å²) in [5.74, 6) is 0.415. The number of piperidine rings is 1. The largest absolute Gasteiger partial charge is 0.508 e. The first-order valence-corrected chi connectivity index (χ1v) is 6.69. The maximum absolute atomic E-state index is 9.68. The van der Waals surface area contributed by atoms with Crippen molar-refractivity contribution in [1.29, 1.82) is 0 Å². The molecule has 0 amide bonds. The highest BCUT2D eigenvalue weighted by Gasteiger charge is 2.42. The second-order valence-electron chi connectivity index (χ2n) is 5.81. The van der Waals surface area contributed by atoms with Gasteiger partial charge < -0.3 is 10.0 Å². The summed E-state index contributed by atoms with van der Waals surface area (Å²) in [7, 11) is 2.25. The fraction of sp³-hybridized carbons (Fsp3) is 0.600. The third-order valence-corrected chi connectivity index (χ3v) is 4.84. The van der Waals surface area contributed by atoms with Crippen molar-refractivity contribution < 1.29 is 5.11 Å². The summed E-state index contributed by atoms with van der Waals surface area (Å²) < 4.78 is 0. The number of nitrogens with zero attached hydrogens (tertiary/aromatic N) is 1. The summed E-state index contributed by atoms with van der Waals surface area (Å²) in [5, 5.41) is 9.68. The number of benzene rings is 1. The molecule has 2 atom stereocenters. The van der Waals surface area contributed by atoms with Gasteiger partial charge >= 0.3 is 0 Å². The standard InChI is InChI=1S/C15H21NO/c1-16-9-8-15(7-3-5-13(16)11-15)12-4-2-6-14(17)10-12/h2,4,6,10,13,17H,3,5,7-9,11H2,1H3/t13-,15+/m1/s1. The van der Waals surface area contributed by atoms with Crippen LogP contribution >= 0.6 is 0 Å². The number of aromatic hydroxyl groups is 1. The molecule has 0 aromatic heterocycles. The Kier molecular flexibility index (Phi) is 2.62. The summed E-state index contributed by atoms with van der Waals surface area (Å²) in [5.41, 5.74) is 1.70. The van der Waals surface area contributed by atoms with Gasteiger partial charge in [0.2, 0.25) is 0 Å². The first-order chi connectivity index (χ1) is 8.20. The molecule has 1 aromatic rings. The lowest BCUT2D eigenvalue weighted by atomic mass is 9.63. The van der Waals surface area contributed by atoms with Gasteiger partial charge in [0, 0.05) is 6.04 Å². The summed E-state index contributed by atoms with van der Waals surface area (Å²) in [6, 6.07) is 8.69. The van der Waals surface area contributed by atoms with Gasteiger partial charge in [0.25, 0.3) is 0 Å². The van der Waals surface area contributed by atoms with Crippen LogP contribution in [0.3, 0.4) is 0 Å². The second-order valence-corrected chi connectivity index (χ2v) is 5.81. The first kappa shape index (κ1) is 11.1. The lowest BCUT2D eigenvalue weighted by molar-refractivity contribution is 0.0719. The van der Waals surface area contributed by atoms with Crippen LogP contribution in [0.5, 0.6) is 5.75 Å². The van der Waals surface area contributed by atoms with Crippen molar-refractivity contribution in [2.75, 3.05) is 13.6 Å². The predicted octanol–water partition coefficient (Wildman–Crippen LogP) is 2.91. The van der Waals surface area contributed by atoms with Gasteiger partial charge in [0.1, 0.15) is 5.75 Å². The van der Waals surface area contributed by atoms with Crippen molar-refractivity contribution in [2.24, 2.45) is 0 Å². The number of phenolic OH excluding ortho intramolecular Hbond substituents is 1. The van der Waals surface area contributed by atoms with Crippen LogP contribution in [-0.2, 0) is 5.41 Å². The zero-order valence-corrected chi connectivity index (χ0v) is 10.5. The maximum Gasteiger partial charge on any atom is 0.115 e. The third-order valence-electron chi connectivity index (χ3n) is 4.84. The number of hydrogen-bond acceptors (Lipinski definition) is 2. The van der Waals surface area contributed by atoms with Gasteiger partial charge in [0.05, 0.1) is 0 Å². The molecule has 1 aliphatic heterocycles. The highest BCUT2D eigenvalue weighted by molar-refractivity contribution is 5.34. The minimum atomic E-state index is 0.341. The number of rotatable bonds is 1.